The van der Waals surface area contributed by atoms with Crippen molar-refractivity contribution in [3.63, 3.8) is 0 Å². The van der Waals surface area contributed by atoms with E-state index in [1.165, 1.54) is 16.7 Å². The van der Waals surface area contributed by atoms with Crippen LogP contribution in [0.4, 0.5) is 5.69 Å². The Balaban J connectivity index is 1.12. The minimum atomic E-state index is -0.139. The fourth-order valence-corrected chi connectivity index (χ4v) is 6.91. The highest BCUT2D eigenvalue weighted by atomic mass is 16.5. The molecule has 0 unspecified atom stereocenters. The van der Waals surface area contributed by atoms with E-state index in [1.807, 2.05) is 29.2 Å². The SMILES string of the molecule is COc1ccc(C2(c3ccc(OC)cc3)CCCN(Cc3ccc(C(=O)N4CCN(c5cccc(OC)c5)CC4)cc3)C2)cc1. The topological polar surface area (TPSA) is 54.5 Å². The summed E-state index contributed by atoms with van der Waals surface area (Å²) in [6.45, 7) is 5.78. The van der Waals surface area contributed by atoms with Crippen LogP contribution < -0.4 is 19.1 Å². The highest BCUT2D eigenvalue weighted by Crippen LogP contribution is 2.42. The molecule has 2 fully saturated rings. The first-order valence-corrected chi connectivity index (χ1v) is 15.8. The molecule has 0 aliphatic carbocycles. The zero-order valence-electron chi connectivity index (χ0n) is 26.6. The number of hydrogen-bond donors (Lipinski definition) is 0. The molecule has 0 radical (unpaired) electrons. The minimum Gasteiger partial charge on any atom is -0.497 e. The number of methoxy groups -OCH3 is 3. The number of rotatable bonds is 9. The van der Waals surface area contributed by atoms with Gasteiger partial charge in [0.25, 0.3) is 5.91 Å². The Hall–Kier alpha value is -4.49. The summed E-state index contributed by atoms with van der Waals surface area (Å²) in [6.07, 6.45) is 2.16. The fraction of sp³-hybridized carbons (Fsp3) is 0.342. The van der Waals surface area contributed by atoms with Gasteiger partial charge in [-0.25, -0.2) is 0 Å². The number of hydrogen-bond acceptors (Lipinski definition) is 6. The second kappa shape index (κ2) is 13.7. The molecule has 2 aliphatic rings. The molecular weight excluding hydrogens is 562 g/mol. The molecule has 6 rings (SSSR count). The first kappa shape index (κ1) is 30.5. The van der Waals surface area contributed by atoms with Gasteiger partial charge in [0.2, 0.25) is 0 Å². The normalized spacial score (nSPS) is 16.7. The maximum absolute atomic E-state index is 13.4. The number of benzene rings is 4. The zero-order chi connectivity index (χ0) is 31.2. The second-order valence-corrected chi connectivity index (χ2v) is 12.0. The Morgan fingerprint density at radius 2 is 1.29 bits per heavy atom. The van der Waals surface area contributed by atoms with Crippen molar-refractivity contribution in [1.82, 2.24) is 9.80 Å². The van der Waals surface area contributed by atoms with Crippen molar-refractivity contribution in [3.05, 3.63) is 119 Å². The van der Waals surface area contributed by atoms with Gasteiger partial charge in [0.1, 0.15) is 17.2 Å². The Morgan fingerprint density at radius 1 is 0.689 bits per heavy atom. The summed E-state index contributed by atoms with van der Waals surface area (Å²) in [5, 5.41) is 0. The van der Waals surface area contributed by atoms with Crippen LogP contribution in [0.3, 0.4) is 0 Å². The van der Waals surface area contributed by atoms with Crippen LogP contribution in [-0.4, -0.2) is 76.3 Å². The molecule has 7 heteroatoms. The summed E-state index contributed by atoms with van der Waals surface area (Å²) in [5.41, 5.74) is 5.55. The van der Waals surface area contributed by atoms with Gasteiger partial charge < -0.3 is 24.0 Å². The second-order valence-electron chi connectivity index (χ2n) is 12.0. The summed E-state index contributed by atoms with van der Waals surface area (Å²) in [6, 6.07) is 33.4. The molecule has 7 nitrogen and oxygen atoms in total. The Kier molecular flexibility index (Phi) is 9.26. The van der Waals surface area contributed by atoms with Gasteiger partial charge in [0, 0.05) is 62.0 Å². The number of nitrogens with zero attached hydrogens (tertiary/aromatic N) is 3. The number of piperazine rings is 1. The summed E-state index contributed by atoms with van der Waals surface area (Å²) in [5.74, 6) is 2.68. The molecule has 0 saturated carbocycles. The van der Waals surface area contributed by atoms with Crippen LogP contribution in [0.15, 0.2) is 97.1 Å². The Labute approximate surface area is 266 Å². The first-order chi connectivity index (χ1) is 22.0. The van der Waals surface area contributed by atoms with E-state index in [0.29, 0.717) is 13.1 Å². The van der Waals surface area contributed by atoms with Crippen molar-refractivity contribution >= 4 is 11.6 Å². The zero-order valence-corrected chi connectivity index (χ0v) is 26.6. The lowest BCUT2D eigenvalue weighted by atomic mass is 9.69. The Morgan fingerprint density at radius 3 is 1.87 bits per heavy atom. The highest BCUT2D eigenvalue weighted by Gasteiger charge is 2.39. The van der Waals surface area contributed by atoms with E-state index in [1.54, 1.807) is 21.3 Å². The molecule has 4 aromatic carbocycles. The number of likely N-dealkylation sites (tertiary alicyclic amines) is 1. The maximum Gasteiger partial charge on any atom is 0.253 e. The molecule has 1 amide bonds. The van der Waals surface area contributed by atoms with E-state index < -0.39 is 0 Å². The standard InChI is InChI=1S/C38H43N3O4/c1-43-34-16-12-31(13-17-34)38(32-14-18-35(44-2)19-15-32)20-5-21-39(28-38)27-29-8-10-30(11-9-29)37(42)41-24-22-40(23-25-41)33-6-4-7-36(26-33)45-3/h4,6-19,26H,5,20-25,27-28H2,1-3H3. The van der Waals surface area contributed by atoms with Crippen molar-refractivity contribution in [2.75, 3.05) is 65.5 Å². The summed E-state index contributed by atoms with van der Waals surface area (Å²) in [4.78, 5) is 20.2. The van der Waals surface area contributed by atoms with E-state index >= 15 is 0 Å². The number of amides is 1. The van der Waals surface area contributed by atoms with E-state index in [4.69, 9.17) is 14.2 Å². The van der Waals surface area contributed by atoms with Gasteiger partial charge in [0.05, 0.1) is 21.3 Å². The number of carbonyl (C=O) groups excluding carboxylic acids is 1. The van der Waals surface area contributed by atoms with E-state index in [-0.39, 0.29) is 11.3 Å². The van der Waals surface area contributed by atoms with Crippen LogP contribution in [-0.2, 0) is 12.0 Å². The largest absolute Gasteiger partial charge is 0.497 e. The third-order valence-electron chi connectivity index (χ3n) is 9.45. The number of piperidine rings is 1. The van der Waals surface area contributed by atoms with Crippen molar-refractivity contribution < 1.29 is 19.0 Å². The third kappa shape index (κ3) is 6.64. The molecule has 2 saturated heterocycles. The van der Waals surface area contributed by atoms with Crippen LogP contribution in [0.2, 0.25) is 0 Å². The third-order valence-corrected chi connectivity index (χ3v) is 9.45. The van der Waals surface area contributed by atoms with E-state index in [9.17, 15) is 4.79 Å². The van der Waals surface area contributed by atoms with E-state index in [0.717, 1.165) is 74.1 Å². The van der Waals surface area contributed by atoms with Crippen LogP contribution in [0, 0.1) is 0 Å². The van der Waals surface area contributed by atoms with Gasteiger partial charge in [-0.15, -0.1) is 0 Å². The lowest BCUT2D eigenvalue weighted by Gasteiger charge is -2.44. The molecule has 2 aliphatic heterocycles. The summed E-state index contributed by atoms with van der Waals surface area (Å²) >= 11 is 0. The van der Waals surface area contributed by atoms with Crippen LogP contribution in [0.1, 0.15) is 39.9 Å². The average Bonchev–Trinajstić information content (AvgIpc) is 3.12. The first-order valence-electron chi connectivity index (χ1n) is 15.8. The predicted octanol–water partition coefficient (Wildman–Crippen LogP) is 6.26. The quantitative estimate of drug-likeness (QED) is 0.225. The molecule has 45 heavy (non-hydrogen) atoms. The van der Waals surface area contributed by atoms with Gasteiger partial charge in [-0.1, -0.05) is 42.5 Å². The lowest BCUT2D eigenvalue weighted by Crippen LogP contribution is -2.48. The van der Waals surface area contributed by atoms with Crippen molar-refractivity contribution in [3.8, 4) is 17.2 Å². The van der Waals surface area contributed by atoms with Gasteiger partial charge in [0.15, 0.2) is 0 Å². The smallest absolute Gasteiger partial charge is 0.253 e. The maximum atomic E-state index is 13.4. The van der Waals surface area contributed by atoms with Gasteiger partial charge in [-0.3, -0.25) is 9.69 Å². The molecule has 0 spiro atoms. The molecule has 0 aromatic heterocycles. The molecular formula is C38H43N3O4. The highest BCUT2D eigenvalue weighted by molar-refractivity contribution is 5.94. The molecule has 0 bridgehead atoms. The lowest BCUT2D eigenvalue weighted by molar-refractivity contribution is 0.0746. The molecule has 234 valence electrons. The minimum absolute atomic E-state index is 0.0999. The van der Waals surface area contributed by atoms with Crippen molar-refractivity contribution in [2.45, 2.75) is 24.8 Å². The van der Waals surface area contributed by atoms with Crippen molar-refractivity contribution in [2.24, 2.45) is 0 Å². The summed E-state index contributed by atoms with van der Waals surface area (Å²) in [7, 11) is 5.10. The molecule has 4 aromatic rings. The van der Waals surface area contributed by atoms with Crippen LogP contribution in [0.5, 0.6) is 17.2 Å². The van der Waals surface area contributed by atoms with Crippen LogP contribution >= 0.6 is 0 Å². The molecule has 0 N–H and O–H groups in total. The van der Waals surface area contributed by atoms with Crippen LogP contribution in [0.25, 0.3) is 0 Å². The Bertz CT molecular complexity index is 1510. The average molecular weight is 606 g/mol. The monoisotopic (exact) mass is 605 g/mol. The van der Waals surface area contributed by atoms with Gasteiger partial charge in [-0.05, 0) is 84.6 Å². The number of carbonyl (C=O) groups is 1. The fourth-order valence-electron chi connectivity index (χ4n) is 6.91. The molecule has 2 heterocycles. The van der Waals surface area contributed by atoms with E-state index in [2.05, 4.69) is 82.6 Å². The predicted molar refractivity (Wildman–Crippen MR) is 179 cm³/mol. The van der Waals surface area contributed by atoms with Gasteiger partial charge in [-0.2, -0.15) is 0 Å². The number of ether oxygens (including phenoxy) is 3. The van der Waals surface area contributed by atoms with Crippen molar-refractivity contribution in [1.29, 1.82) is 0 Å². The number of anilines is 1. The summed E-state index contributed by atoms with van der Waals surface area (Å²) < 4.78 is 16.3. The van der Waals surface area contributed by atoms with Gasteiger partial charge >= 0.3 is 0 Å². The molecule has 0 atom stereocenters.